The summed E-state index contributed by atoms with van der Waals surface area (Å²) in [5.41, 5.74) is 0.854. The van der Waals surface area contributed by atoms with E-state index in [1.807, 2.05) is 14.0 Å². The molecule has 2 aromatic heterocycles. The van der Waals surface area contributed by atoms with Crippen molar-refractivity contribution < 1.29 is 0 Å². The normalized spacial score (nSPS) is 10.8. The van der Waals surface area contributed by atoms with Crippen LogP contribution >= 0.6 is 15.9 Å². The molecule has 0 amide bonds. The Balaban J connectivity index is 2.44. The van der Waals surface area contributed by atoms with Gasteiger partial charge in [-0.3, -0.25) is 4.68 Å². The highest BCUT2D eigenvalue weighted by molar-refractivity contribution is 9.10. The van der Waals surface area contributed by atoms with Gasteiger partial charge < -0.3 is 0 Å². The molecule has 0 bridgehead atoms. The number of tetrazole rings is 1. The highest BCUT2D eigenvalue weighted by Gasteiger charge is 2.12. The summed E-state index contributed by atoms with van der Waals surface area (Å²) < 4.78 is 2.57. The molecule has 7 heteroatoms. The molecule has 0 saturated heterocycles. The van der Waals surface area contributed by atoms with Gasteiger partial charge >= 0.3 is 0 Å². The fraction of sp³-hybridized carbons (Fsp3) is 0.429. The van der Waals surface area contributed by atoms with Crippen molar-refractivity contribution in [2.45, 2.75) is 13.5 Å². The second-order valence-electron chi connectivity index (χ2n) is 2.77. The van der Waals surface area contributed by atoms with Gasteiger partial charge in [0.2, 0.25) is 5.82 Å². The third kappa shape index (κ3) is 1.43. The lowest BCUT2D eigenvalue weighted by atomic mass is 10.3. The molecule has 2 rings (SSSR count). The van der Waals surface area contributed by atoms with Gasteiger partial charge in [-0.2, -0.15) is 9.90 Å². The molecule has 0 aliphatic rings. The third-order valence-corrected chi connectivity index (χ3v) is 2.78. The molecular formula is C7H9BrN6. The van der Waals surface area contributed by atoms with Crippen molar-refractivity contribution in [2.24, 2.45) is 7.05 Å². The van der Waals surface area contributed by atoms with Crippen molar-refractivity contribution in [3.63, 3.8) is 0 Å². The minimum absolute atomic E-state index is 0.590. The predicted molar refractivity (Wildman–Crippen MR) is 53.4 cm³/mol. The summed E-state index contributed by atoms with van der Waals surface area (Å²) in [7, 11) is 1.85. The predicted octanol–water partition coefficient (Wildman–Crippen LogP) is 0.856. The van der Waals surface area contributed by atoms with Crippen LogP contribution < -0.4 is 0 Å². The first-order valence-corrected chi connectivity index (χ1v) is 4.97. The van der Waals surface area contributed by atoms with E-state index in [9.17, 15) is 0 Å². The molecule has 0 unspecified atom stereocenters. The van der Waals surface area contributed by atoms with Crippen LogP contribution in [-0.2, 0) is 13.6 Å². The van der Waals surface area contributed by atoms with E-state index in [0.717, 1.165) is 10.2 Å². The number of nitrogens with zero attached hydrogens (tertiary/aromatic N) is 6. The van der Waals surface area contributed by atoms with Crippen LogP contribution in [-0.4, -0.2) is 30.0 Å². The van der Waals surface area contributed by atoms with Crippen molar-refractivity contribution in [1.82, 2.24) is 30.0 Å². The molecule has 0 aliphatic carbocycles. The molecule has 0 aliphatic heterocycles. The minimum atomic E-state index is 0.590. The van der Waals surface area contributed by atoms with Crippen molar-refractivity contribution >= 4 is 15.9 Å². The zero-order valence-corrected chi connectivity index (χ0v) is 9.43. The molecule has 0 atom stereocenters. The second kappa shape index (κ2) is 3.49. The average Bonchev–Trinajstić information content (AvgIpc) is 2.75. The van der Waals surface area contributed by atoms with Crippen molar-refractivity contribution in [2.75, 3.05) is 0 Å². The summed E-state index contributed by atoms with van der Waals surface area (Å²) in [5, 5.41) is 16.1. The van der Waals surface area contributed by atoms with Crippen LogP contribution in [0.1, 0.15) is 6.92 Å². The van der Waals surface area contributed by atoms with Crippen molar-refractivity contribution in [1.29, 1.82) is 0 Å². The standard InChI is InChI=1S/C7H9BrN6/c1-3-14-11-7(10-12-14)5-4-9-13(2)6(5)8/h4H,3H2,1-2H3. The molecule has 6 nitrogen and oxygen atoms in total. The monoisotopic (exact) mass is 256 g/mol. The van der Waals surface area contributed by atoms with Crippen molar-refractivity contribution in [3.8, 4) is 11.4 Å². The lowest BCUT2D eigenvalue weighted by molar-refractivity contribution is 0.552. The number of hydrogen-bond donors (Lipinski definition) is 0. The molecule has 14 heavy (non-hydrogen) atoms. The van der Waals surface area contributed by atoms with E-state index < -0.39 is 0 Å². The Morgan fingerprint density at radius 2 is 2.29 bits per heavy atom. The Kier molecular flexibility index (Phi) is 2.32. The Bertz CT molecular complexity index is 445. The summed E-state index contributed by atoms with van der Waals surface area (Å²) in [6.45, 7) is 2.68. The Hall–Kier alpha value is -1.24. The maximum absolute atomic E-state index is 4.18. The number of halogens is 1. The first kappa shape index (κ1) is 9.32. The van der Waals surface area contributed by atoms with Gasteiger partial charge in [-0.05, 0) is 28.1 Å². The van der Waals surface area contributed by atoms with Gasteiger partial charge in [-0.1, -0.05) is 0 Å². The van der Waals surface area contributed by atoms with Crippen LogP contribution in [0.25, 0.3) is 11.4 Å². The molecule has 0 saturated carbocycles. The molecule has 0 aromatic carbocycles. The molecule has 0 fully saturated rings. The Morgan fingerprint density at radius 3 is 2.79 bits per heavy atom. The van der Waals surface area contributed by atoms with Gasteiger partial charge in [0, 0.05) is 7.05 Å². The number of aryl methyl sites for hydroxylation is 2. The summed E-state index contributed by atoms with van der Waals surface area (Å²) in [5.74, 6) is 0.590. The first-order chi connectivity index (χ1) is 6.72. The molecule has 0 N–H and O–H groups in total. The van der Waals surface area contributed by atoms with Crippen LogP contribution in [0.2, 0.25) is 0 Å². The highest BCUT2D eigenvalue weighted by Crippen LogP contribution is 2.23. The van der Waals surface area contributed by atoms with Gasteiger partial charge in [0.25, 0.3) is 0 Å². The maximum Gasteiger partial charge on any atom is 0.209 e. The van der Waals surface area contributed by atoms with Crippen LogP contribution in [0.3, 0.4) is 0 Å². The van der Waals surface area contributed by atoms with E-state index in [-0.39, 0.29) is 0 Å². The van der Waals surface area contributed by atoms with Gasteiger partial charge in [-0.25, -0.2) is 0 Å². The van der Waals surface area contributed by atoms with Gasteiger partial charge in [0.05, 0.1) is 18.3 Å². The van der Waals surface area contributed by atoms with Crippen LogP contribution in [0.5, 0.6) is 0 Å². The Labute approximate surface area is 89.0 Å². The summed E-state index contributed by atoms with van der Waals surface area (Å²) in [6.07, 6.45) is 1.71. The fourth-order valence-corrected chi connectivity index (χ4v) is 1.43. The van der Waals surface area contributed by atoms with Gasteiger partial charge in [0.15, 0.2) is 0 Å². The minimum Gasteiger partial charge on any atom is -0.261 e. The largest absolute Gasteiger partial charge is 0.261 e. The summed E-state index contributed by atoms with van der Waals surface area (Å²) in [4.78, 5) is 1.54. The van der Waals surface area contributed by atoms with E-state index in [1.165, 1.54) is 4.80 Å². The molecule has 0 spiro atoms. The van der Waals surface area contributed by atoms with E-state index in [1.54, 1.807) is 10.9 Å². The highest BCUT2D eigenvalue weighted by atomic mass is 79.9. The van der Waals surface area contributed by atoms with E-state index in [0.29, 0.717) is 12.4 Å². The SMILES string of the molecule is CCn1nnc(-c2cnn(C)c2Br)n1. The van der Waals surface area contributed by atoms with Crippen LogP contribution in [0.4, 0.5) is 0 Å². The molecule has 2 heterocycles. The topological polar surface area (TPSA) is 61.4 Å². The fourth-order valence-electron chi connectivity index (χ4n) is 1.06. The maximum atomic E-state index is 4.18. The quantitative estimate of drug-likeness (QED) is 0.800. The van der Waals surface area contributed by atoms with Crippen LogP contribution in [0.15, 0.2) is 10.8 Å². The summed E-state index contributed by atoms with van der Waals surface area (Å²) in [6, 6.07) is 0. The number of hydrogen-bond acceptors (Lipinski definition) is 4. The van der Waals surface area contributed by atoms with E-state index in [4.69, 9.17) is 0 Å². The zero-order chi connectivity index (χ0) is 10.1. The molecule has 74 valence electrons. The summed E-state index contributed by atoms with van der Waals surface area (Å²) >= 11 is 3.40. The van der Waals surface area contributed by atoms with Crippen LogP contribution in [0, 0.1) is 0 Å². The second-order valence-corrected chi connectivity index (χ2v) is 3.53. The number of aromatic nitrogens is 6. The lowest BCUT2D eigenvalue weighted by Crippen LogP contribution is -1.98. The van der Waals surface area contributed by atoms with E-state index in [2.05, 4.69) is 36.4 Å². The van der Waals surface area contributed by atoms with Gasteiger partial charge in [0.1, 0.15) is 4.60 Å². The molecule has 0 radical (unpaired) electrons. The Morgan fingerprint density at radius 1 is 1.50 bits per heavy atom. The average molecular weight is 257 g/mol. The lowest BCUT2D eigenvalue weighted by Gasteiger charge is -1.92. The molecule has 2 aromatic rings. The smallest absolute Gasteiger partial charge is 0.209 e. The van der Waals surface area contributed by atoms with Gasteiger partial charge in [-0.15, -0.1) is 10.2 Å². The first-order valence-electron chi connectivity index (χ1n) is 4.18. The van der Waals surface area contributed by atoms with E-state index >= 15 is 0 Å². The zero-order valence-electron chi connectivity index (χ0n) is 7.85. The number of rotatable bonds is 2. The van der Waals surface area contributed by atoms with Crippen molar-refractivity contribution in [3.05, 3.63) is 10.8 Å². The third-order valence-electron chi connectivity index (χ3n) is 1.84. The molecular weight excluding hydrogens is 248 g/mol.